The van der Waals surface area contributed by atoms with Gasteiger partial charge in [0.1, 0.15) is 0 Å². The van der Waals surface area contributed by atoms with Crippen LogP contribution in [0.3, 0.4) is 0 Å². The van der Waals surface area contributed by atoms with Gasteiger partial charge in [0, 0.05) is 24.7 Å². The van der Waals surface area contributed by atoms with Crippen LogP contribution in [-0.2, 0) is 11.2 Å². The zero-order chi connectivity index (χ0) is 14.5. The summed E-state index contributed by atoms with van der Waals surface area (Å²) in [6.07, 6.45) is 2.48. The van der Waals surface area contributed by atoms with Crippen molar-refractivity contribution >= 4 is 28.8 Å². The molecule has 2 aromatic rings. The number of esters is 1. The molecule has 0 aliphatic carbocycles. The lowest BCUT2D eigenvalue weighted by Gasteiger charge is -2.20. The smallest absolute Gasteiger partial charge is 0.340 e. The summed E-state index contributed by atoms with van der Waals surface area (Å²) in [6.45, 7) is 0.780. The van der Waals surface area contributed by atoms with Crippen LogP contribution in [0.15, 0.2) is 29.8 Å². The molecule has 2 N–H and O–H groups in total. The molecule has 0 amide bonds. The Bertz CT molecular complexity index is 584. The number of likely N-dealkylation sites (N-methyl/N-ethyl adjacent to an activating group) is 1. The molecule has 0 atom stereocenters. The highest BCUT2D eigenvalue weighted by molar-refractivity contribution is 7.09. The van der Waals surface area contributed by atoms with Crippen LogP contribution in [0.25, 0.3) is 0 Å². The fraction of sp³-hybridized carbons (Fsp3) is 0.286. The molecular formula is C14H17N3O2S. The molecule has 0 radical (unpaired) electrons. The monoisotopic (exact) mass is 291 g/mol. The molecule has 0 bridgehead atoms. The first kappa shape index (κ1) is 14.3. The quantitative estimate of drug-likeness (QED) is 0.855. The van der Waals surface area contributed by atoms with Crippen molar-refractivity contribution in [2.75, 3.05) is 31.3 Å². The number of nitrogen functional groups attached to an aromatic ring is 1. The molecule has 0 saturated carbocycles. The van der Waals surface area contributed by atoms with Crippen LogP contribution >= 0.6 is 11.3 Å². The van der Waals surface area contributed by atoms with Crippen LogP contribution in [0.4, 0.5) is 11.5 Å². The van der Waals surface area contributed by atoms with Crippen molar-refractivity contribution in [3.63, 3.8) is 0 Å². The summed E-state index contributed by atoms with van der Waals surface area (Å²) in [4.78, 5) is 19.1. The Balaban J connectivity index is 2.13. The minimum absolute atomic E-state index is 0.348. The largest absolute Gasteiger partial charge is 0.465 e. The van der Waals surface area contributed by atoms with Crippen molar-refractivity contribution in [3.05, 3.63) is 40.2 Å². The highest BCUT2D eigenvalue weighted by atomic mass is 32.1. The molecule has 0 spiro atoms. The maximum atomic E-state index is 11.6. The van der Waals surface area contributed by atoms with E-state index in [9.17, 15) is 4.79 Å². The molecule has 0 aliphatic rings. The Morgan fingerprint density at radius 2 is 2.30 bits per heavy atom. The van der Waals surface area contributed by atoms with Gasteiger partial charge in [-0.15, -0.1) is 11.3 Å². The van der Waals surface area contributed by atoms with E-state index in [0.29, 0.717) is 17.1 Å². The van der Waals surface area contributed by atoms with E-state index in [2.05, 4.69) is 16.4 Å². The van der Waals surface area contributed by atoms with Crippen LogP contribution in [0.5, 0.6) is 0 Å². The lowest BCUT2D eigenvalue weighted by atomic mass is 10.2. The van der Waals surface area contributed by atoms with Crippen LogP contribution in [0.2, 0.25) is 0 Å². The average Bonchev–Trinajstić information content (AvgIpc) is 2.97. The van der Waals surface area contributed by atoms with Crippen molar-refractivity contribution in [3.8, 4) is 0 Å². The average molecular weight is 291 g/mol. The second-order valence-electron chi connectivity index (χ2n) is 4.34. The number of anilines is 2. The molecular weight excluding hydrogens is 274 g/mol. The normalized spacial score (nSPS) is 10.3. The first-order valence-electron chi connectivity index (χ1n) is 6.19. The SMILES string of the molecule is COC(=O)c1ccnc(N(C)CCc2cccs2)c1N. The summed E-state index contributed by atoms with van der Waals surface area (Å²) in [5.41, 5.74) is 6.71. The van der Waals surface area contributed by atoms with E-state index in [1.165, 1.54) is 12.0 Å². The minimum atomic E-state index is -0.446. The number of carbonyl (C=O) groups excluding carboxylic acids is 1. The number of methoxy groups -OCH3 is 1. The number of rotatable bonds is 5. The lowest BCUT2D eigenvalue weighted by molar-refractivity contribution is 0.0602. The third-order valence-electron chi connectivity index (χ3n) is 3.01. The molecule has 2 rings (SSSR count). The number of pyridine rings is 1. The zero-order valence-corrected chi connectivity index (χ0v) is 12.3. The number of hydrogen-bond donors (Lipinski definition) is 1. The Labute approximate surface area is 122 Å². The summed E-state index contributed by atoms with van der Waals surface area (Å²) < 4.78 is 4.71. The lowest BCUT2D eigenvalue weighted by Crippen LogP contribution is -2.23. The van der Waals surface area contributed by atoms with E-state index in [-0.39, 0.29) is 0 Å². The van der Waals surface area contributed by atoms with Crippen molar-refractivity contribution < 1.29 is 9.53 Å². The van der Waals surface area contributed by atoms with Crippen molar-refractivity contribution in [2.24, 2.45) is 0 Å². The van der Waals surface area contributed by atoms with Crippen LogP contribution in [0.1, 0.15) is 15.2 Å². The Hall–Kier alpha value is -2.08. The summed E-state index contributed by atoms with van der Waals surface area (Å²) in [7, 11) is 3.25. The van der Waals surface area contributed by atoms with E-state index < -0.39 is 5.97 Å². The molecule has 6 heteroatoms. The second kappa shape index (κ2) is 6.38. The molecule has 0 aromatic carbocycles. The fourth-order valence-corrected chi connectivity index (χ4v) is 2.59. The summed E-state index contributed by atoms with van der Waals surface area (Å²) in [5.74, 6) is 0.155. The van der Waals surface area contributed by atoms with Crippen molar-refractivity contribution in [1.29, 1.82) is 0 Å². The van der Waals surface area contributed by atoms with Gasteiger partial charge in [0.05, 0.1) is 18.4 Å². The van der Waals surface area contributed by atoms with Gasteiger partial charge < -0.3 is 15.4 Å². The molecule has 20 heavy (non-hydrogen) atoms. The molecule has 0 aliphatic heterocycles. The predicted molar refractivity (Wildman–Crippen MR) is 81.3 cm³/mol. The maximum Gasteiger partial charge on any atom is 0.340 e. The standard InChI is InChI=1S/C14H17N3O2S/c1-17(8-6-10-4-3-9-20-10)13-12(15)11(5-7-16-13)14(18)19-2/h3-5,7,9H,6,8,15H2,1-2H3. The molecule has 0 unspecified atom stereocenters. The minimum Gasteiger partial charge on any atom is -0.465 e. The van der Waals surface area contributed by atoms with Gasteiger partial charge in [-0.25, -0.2) is 9.78 Å². The van der Waals surface area contributed by atoms with Gasteiger partial charge in [0.2, 0.25) is 0 Å². The van der Waals surface area contributed by atoms with Gasteiger partial charge in [-0.2, -0.15) is 0 Å². The van der Waals surface area contributed by atoms with E-state index in [0.717, 1.165) is 13.0 Å². The number of ether oxygens (including phenoxy) is 1. The number of thiophene rings is 1. The number of hydrogen-bond acceptors (Lipinski definition) is 6. The van der Waals surface area contributed by atoms with Gasteiger partial charge in [-0.1, -0.05) is 6.07 Å². The number of carbonyl (C=O) groups is 1. The van der Waals surface area contributed by atoms with Gasteiger partial charge in [0.15, 0.2) is 5.82 Å². The fourth-order valence-electron chi connectivity index (χ4n) is 1.89. The van der Waals surface area contributed by atoms with Gasteiger partial charge in [-0.05, 0) is 23.9 Å². The number of nitrogens with zero attached hydrogens (tertiary/aromatic N) is 2. The van der Waals surface area contributed by atoms with Crippen molar-refractivity contribution in [2.45, 2.75) is 6.42 Å². The molecule has 106 valence electrons. The predicted octanol–water partition coefficient (Wildman–Crippen LogP) is 2.19. The second-order valence-corrected chi connectivity index (χ2v) is 5.37. The number of aromatic nitrogens is 1. The first-order chi connectivity index (χ1) is 9.63. The number of nitrogens with two attached hydrogens (primary N) is 1. The van der Waals surface area contributed by atoms with Crippen LogP contribution in [-0.4, -0.2) is 31.7 Å². The highest BCUT2D eigenvalue weighted by Gasteiger charge is 2.16. The molecule has 0 fully saturated rings. The van der Waals surface area contributed by atoms with Gasteiger partial charge in [0.25, 0.3) is 0 Å². The Morgan fingerprint density at radius 3 is 2.95 bits per heavy atom. The summed E-state index contributed by atoms with van der Waals surface area (Å²) >= 11 is 1.72. The highest BCUT2D eigenvalue weighted by Crippen LogP contribution is 2.24. The van der Waals surface area contributed by atoms with Crippen LogP contribution in [0, 0.1) is 0 Å². The third-order valence-corrected chi connectivity index (χ3v) is 3.95. The Kier molecular flexibility index (Phi) is 4.57. The van der Waals surface area contributed by atoms with E-state index in [1.807, 2.05) is 18.0 Å². The van der Waals surface area contributed by atoms with E-state index >= 15 is 0 Å². The molecule has 2 heterocycles. The summed E-state index contributed by atoms with van der Waals surface area (Å²) in [6, 6.07) is 5.70. The van der Waals surface area contributed by atoms with Gasteiger partial charge in [-0.3, -0.25) is 0 Å². The zero-order valence-electron chi connectivity index (χ0n) is 11.5. The molecule has 5 nitrogen and oxygen atoms in total. The van der Waals surface area contributed by atoms with E-state index in [4.69, 9.17) is 10.5 Å². The Morgan fingerprint density at radius 1 is 1.50 bits per heavy atom. The summed E-state index contributed by atoms with van der Waals surface area (Å²) in [5, 5.41) is 2.06. The molecule has 0 saturated heterocycles. The molecule has 2 aromatic heterocycles. The topological polar surface area (TPSA) is 68.5 Å². The van der Waals surface area contributed by atoms with Crippen LogP contribution < -0.4 is 10.6 Å². The van der Waals surface area contributed by atoms with Gasteiger partial charge >= 0.3 is 5.97 Å². The third kappa shape index (κ3) is 3.08. The van der Waals surface area contributed by atoms with E-state index in [1.54, 1.807) is 23.6 Å². The maximum absolute atomic E-state index is 11.6. The van der Waals surface area contributed by atoms with Crippen molar-refractivity contribution in [1.82, 2.24) is 4.98 Å². The first-order valence-corrected chi connectivity index (χ1v) is 7.07.